The van der Waals surface area contributed by atoms with E-state index in [2.05, 4.69) is 27.9 Å². The Labute approximate surface area is 160 Å². The molecule has 2 aliphatic rings. The topological polar surface area (TPSA) is 73.0 Å². The van der Waals surface area contributed by atoms with E-state index >= 15 is 0 Å². The number of alkyl halides is 3. The zero-order valence-electron chi connectivity index (χ0n) is 15.4. The summed E-state index contributed by atoms with van der Waals surface area (Å²) in [5.74, 6) is -0.550. The molecule has 0 bridgehead atoms. The van der Waals surface area contributed by atoms with Gasteiger partial charge < -0.3 is 5.32 Å². The predicted octanol–water partition coefficient (Wildman–Crippen LogP) is 3.48. The van der Waals surface area contributed by atoms with Gasteiger partial charge in [0.25, 0.3) is 5.91 Å². The van der Waals surface area contributed by atoms with Gasteiger partial charge in [-0.05, 0) is 43.4 Å². The fourth-order valence-electron chi connectivity index (χ4n) is 3.61. The number of amides is 1. The Morgan fingerprint density at radius 3 is 2.79 bits per heavy atom. The Hall–Kier alpha value is -2.55. The molecule has 1 amide bonds. The molecular formula is C19H22F3N5O. The van der Waals surface area contributed by atoms with Crippen molar-refractivity contribution in [3.63, 3.8) is 0 Å². The molecule has 1 aliphatic carbocycles. The molecule has 4 rings (SSSR count). The van der Waals surface area contributed by atoms with Crippen LogP contribution in [0.25, 0.3) is 0 Å². The number of nitrogens with one attached hydrogen (secondary N) is 3. The number of anilines is 1. The van der Waals surface area contributed by atoms with Crippen LogP contribution in [0, 0.1) is 0 Å². The molecule has 1 unspecified atom stereocenters. The Balaban J connectivity index is 1.58. The minimum Gasteiger partial charge on any atom is -0.382 e. The molecule has 1 atom stereocenters. The molecule has 1 aromatic heterocycles. The van der Waals surface area contributed by atoms with Gasteiger partial charge in [0.15, 0.2) is 5.69 Å². The third-order valence-corrected chi connectivity index (χ3v) is 5.30. The summed E-state index contributed by atoms with van der Waals surface area (Å²) in [5, 5.41) is 10.3. The lowest BCUT2D eigenvalue weighted by molar-refractivity contribution is -0.141. The van der Waals surface area contributed by atoms with Gasteiger partial charge in [-0.2, -0.15) is 18.3 Å². The number of halogens is 3. The first-order valence-corrected chi connectivity index (χ1v) is 9.39. The molecule has 28 heavy (non-hydrogen) atoms. The van der Waals surface area contributed by atoms with E-state index in [1.807, 2.05) is 18.2 Å². The maximum absolute atomic E-state index is 12.9. The normalized spacial score (nSPS) is 19.1. The van der Waals surface area contributed by atoms with Crippen molar-refractivity contribution in [1.29, 1.82) is 0 Å². The van der Waals surface area contributed by atoms with E-state index in [-0.39, 0.29) is 18.3 Å². The number of aromatic amines is 1. The van der Waals surface area contributed by atoms with Crippen LogP contribution in [0.3, 0.4) is 0 Å². The number of hydrazine groups is 1. The Morgan fingerprint density at radius 2 is 2.14 bits per heavy atom. The summed E-state index contributed by atoms with van der Waals surface area (Å²) < 4.78 is 38.5. The third-order valence-electron chi connectivity index (χ3n) is 5.30. The average Bonchev–Trinajstić information content (AvgIpc) is 3.22. The molecule has 1 fully saturated rings. The summed E-state index contributed by atoms with van der Waals surface area (Å²) in [6.45, 7) is 2.36. The third kappa shape index (κ3) is 3.71. The van der Waals surface area contributed by atoms with Crippen LogP contribution in [-0.4, -0.2) is 33.2 Å². The number of rotatable bonds is 5. The van der Waals surface area contributed by atoms with E-state index in [9.17, 15) is 18.0 Å². The zero-order chi connectivity index (χ0) is 19.9. The van der Waals surface area contributed by atoms with Crippen LogP contribution in [0.15, 0.2) is 24.3 Å². The fourth-order valence-corrected chi connectivity index (χ4v) is 3.61. The van der Waals surface area contributed by atoms with Crippen molar-refractivity contribution in [3.8, 4) is 0 Å². The molecule has 2 heterocycles. The second kappa shape index (κ2) is 7.12. The van der Waals surface area contributed by atoms with E-state index in [1.54, 1.807) is 0 Å². The lowest BCUT2D eigenvalue weighted by Gasteiger charge is -2.34. The number of hydrogen-bond acceptors (Lipinski definition) is 4. The van der Waals surface area contributed by atoms with Gasteiger partial charge in [-0.1, -0.05) is 18.6 Å². The van der Waals surface area contributed by atoms with Crippen LogP contribution in [0.5, 0.6) is 0 Å². The SMILES string of the molecule is CC1Cc2c(CN(NC3CCC3)C(=O)c3cc(C(F)(F)F)n[nH]3)cccc2N1. The van der Waals surface area contributed by atoms with Crippen LogP contribution in [0.4, 0.5) is 18.9 Å². The van der Waals surface area contributed by atoms with Gasteiger partial charge >= 0.3 is 6.18 Å². The number of hydrogen-bond donors (Lipinski definition) is 3. The summed E-state index contributed by atoms with van der Waals surface area (Å²) in [7, 11) is 0. The van der Waals surface area contributed by atoms with E-state index in [0.717, 1.165) is 48.6 Å². The van der Waals surface area contributed by atoms with Gasteiger partial charge in [0.05, 0.1) is 6.54 Å². The summed E-state index contributed by atoms with van der Waals surface area (Å²) in [6, 6.07) is 7.10. The van der Waals surface area contributed by atoms with E-state index in [1.165, 1.54) is 5.01 Å². The van der Waals surface area contributed by atoms with E-state index in [0.29, 0.717) is 6.04 Å². The van der Waals surface area contributed by atoms with Crippen LogP contribution in [0.2, 0.25) is 0 Å². The van der Waals surface area contributed by atoms with E-state index in [4.69, 9.17) is 0 Å². The van der Waals surface area contributed by atoms with Crippen molar-refractivity contribution >= 4 is 11.6 Å². The number of H-pyrrole nitrogens is 1. The van der Waals surface area contributed by atoms with Crippen molar-refractivity contribution < 1.29 is 18.0 Å². The largest absolute Gasteiger partial charge is 0.435 e. The van der Waals surface area contributed by atoms with Gasteiger partial charge in [0.1, 0.15) is 5.69 Å². The summed E-state index contributed by atoms with van der Waals surface area (Å²) in [5.41, 5.74) is 5.07. The Kier molecular flexibility index (Phi) is 4.78. The Morgan fingerprint density at radius 1 is 1.36 bits per heavy atom. The molecule has 9 heteroatoms. The number of carbonyl (C=O) groups excluding carboxylic acids is 1. The lowest BCUT2D eigenvalue weighted by Crippen LogP contribution is -2.50. The van der Waals surface area contributed by atoms with Gasteiger partial charge in [0.2, 0.25) is 0 Å². The first-order chi connectivity index (χ1) is 13.3. The van der Waals surface area contributed by atoms with Gasteiger partial charge in [-0.3, -0.25) is 14.9 Å². The number of fused-ring (bicyclic) bond motifs is 1. The zero-order valence-corrected chi connectivity index (χ0v) is 15.4. The van der Waals surface area contributed by atoms with Gasteiger partial charge in [-0.15, -0.1) is 0 Å². The highest BCUT2D eigenvalue weighted by Crippen LogP contribution is 2.31. The molecule has 1 aliphatic heterocycles. The lowest BCUT2D eigenvalue weighted by atomic mass is 9.94. The molecule has 0 spiro atoms. The highest BCUT2D eigenvalue weighted by molar-refractivity contribution is 5.92. The molecule has 0 saturated heterocycles. The molecule has 1 saturated carbocycles. The van der Waals surface area contributed by atoms with Crippen LogP contribution in [-0.2, 0) is 19.1 Å². The quantitative estimate of drug-likeness (QED) is 0.680. The molecule has 150 valence electrons. The van der Waals surface area contributed by atoms with Crippen molar-refractivity contribution in [3.05, 3.63) is 46.8 Å². The van der Waals surface area contributed by atoms with Gasteiger partial charge in [-0.25, -0.2) is 5.43 Å². The maximum Gasteiger partial charge on any atom is 0.435 e. The van der Waals surface area contributed by atoms with Crippen molar-refractivity contribution in [2.75, 3.05) is 5.32 Å². The fraction of sp³-hybridized carbons (Fsp3) is 0.474. The second-order valence-electron chi connectivity index (χ2n) is 7.51. The average molecular weight is 393 g/mol. The van der Waals surface area contributed by atoms with Crippen LogP contribution in [0.1, 0.15) is 53.5 Å². The standard InChI is InChI=1S/C19H22F3N5O/c1-11-8-14-12(4-2-7-15(14)23-11)10-27(26-13-5-3-6-13)18(28)16-9-17(25-24-16)19(20,21)22/h2,4,7,9,11,13,23,26H,3,5-6,8,10H2,1H3,(H,24,25). The minimum absolute atomic E-state index is 0.155. The number of benzene rings is 1. The van der Waals surface area contributed by atoms with E-state index < -0.39 is 17.8 Å². The summed E-state index contributed by atoms with van der Waals surface area (Å²) in [6.07, 6.45) is -0.801. The van der Waals surface area contributed by atoms with Crippen LogP contribution >= 0.6 is 0 Å². The second-order valence-corrected chi connectivity index (χ2v) is 7.51. The highest BCUT2D eigenvalue weighted by atomic mass is 19.4. The monoisotopic (exact) mass is 393 g/mol. The summed E-state index contributed by atoms with van der Waals surface area (Å²) in [4.78, 5) is 12.9. The molecule has 1 aromatic carbocycles. The molecule has 2 aromatic rings. The van der Waals surface area contributed by atoms with Crippen molar-refractivity contribution in [2.45, 2.75) is 57.4 Å². The first kappa shape index (κ1) is 18.8. The van der Waals surface area contributed by atoms with Crippen LogP contribution < -0.4 is 10.7 Å². The molecule has 0 radical (unpaired) electrons. The van der Waals surface area contributed by atoms with Gasteiger partial charge in [0, 0.05) is 23.8 Å². The predicted molar refractivity (Wildman–Crippen MR) is 97.5 cm³/mol. The smallest absolute Gasteiger partial charge is 0.382 e. The number of aromatic nitrogens is 2. The molecule has 6 nitrogen and oxygen atoms in total. The first-order valence-electron chi connectivity index (χ1n) is 9.39. The highest BCUT2D eigenvalue weighted by Gasteiger charge is 2.35. The molecule has 3 N–H and O–H groups in total. The Bertz CT molecular complexity index is 875. The summed E-state index contributed by atoms with van der Waals surface area (Å²) >= 11 is 0. The maximum atomic E-state index is 12.9. The number of nitrogens with zero attached hydrogens (tertiary/aromatic N) is 2. The minimum atomic E-state index is -4.59. The van der Waals surface area contributed by atoms with Crippen molar-refractivity contribution in [2.24, 2.45) is 0 Å². The van der Waals surface area contributed by atoms with Crippen molar-refractivity contribution in [1.82, 2.24) is 20.6 Å². The number of carbonyl (C=O) groups is 1. The molecular weight excluding hydrogens is 371 g/mol.